The first-order valence-electron chi connectivity index (χ1n) is 7.20. The van der Waals surface area contributed by atoms with Crippen LogP contribution in [0, 0.1) is 39.7 Å². The molecule has 1 aliphatic carbocycles. The Labute approximate surface area is 138 Å². The molecule has 0 aliphatic heterocycles. The summed E-state index contributed by atoms with van der Waals surface area (Å²) in [6.45, 7) is 0.967. The maximum atomic E-state index is 14.5. The Hall–Kier alpha value is -2.69. The highest BCUT2D eigenvalue weighted by Crippen LogP contribution is 2.32. The van der Waals surface area contributed by atoms with Crippen molar-refractivity contribution in [2.45, 2.75) is 13.3 Å². The van der Waals surface area contributed by atoms with E-state index in [0.717, 1.165) is 14.2 Å². The predicted molar refractivity (Wildman–Crippen MR) is 81.7 cm³/mol. The van der Waals surface area contributed by atoms with E-state index in [1.54, 1.807) is 6.92 Å². The number of rotatable bonds is 7. The van der Waals surface area contributed by atoms with E-state index in [2.05, 4.69) is 21.3 Å². The minimum atomic E-state index is -1.65. The minimum absolute atomic E-state index is 0.520. The number of ether oxygens (including phenoxy) is 2. The highest BCUT2D eigenvalue weighted by molar-refractivity contribution is 5.95. The zero-order chi connectivity index (χ0) is 18.3. The van der Waals surface area contributed by atoms with Gasteiger partial charge < -0.3 is 9.47 Å². The maximum Gasteiger partial charge on any atom is 0.320 e. The molecular weight excluding hydrogens is 321 g/mol. The standard InChI is InChI=1S/C16H18FNO6/c1-4-10-6-5-7-11(13(17)8-10)12(9-18(21)22)14(15(19)23-2)16(20)24-3/h6,8,11-12,14H,4,9H2,1-3H3. The van der Waals surface area contributed by atoms with Gasteiger partial charge in [-0.3, -0.25) is 19.7 Å². The van der Waals surface area contributed by atoms with Crippen molar-refractivity contribution in [3.63, 3.8) is 0 Å². The zero-order valence-electron chi connectivity index (χ0n) is 13.6. The minimum Gasteiger partial charge on any atom is -0.468 e. The van der Waals surface area contributed by atoms with Gasteiger partial charge in [0.1, 0.15) is 5.83 Å². The normalized spacial score (nSPS) is 17.6. The summed E-state index contributed by atoms with van der Waals surface area (Å²) in [5.74, 6) is -1.92. The van der Waals surface area contributed by atoms with Gasteiger partial charge in [0.2, 0.25) is 6.54 Å². The summed E-state index contributed by atoms with van der Waals surface area (Å²) < 4.78 is 23.6. The molecular formula is C16H18FNO6. The van der Waals surface area contributed by atoms with Crippen molar-refractivity contribution >= 4 is 11.9 Å². The fourth-order valence-electron chi connectivity index (χ4n) is 2.39. The van der Waals surface area contributed by atoms with Crippen LogP contribution in [-0.4, -0.2) is 37.6 Å². The Bertz CT molecular complexity index is 627. The van der Waals surface area contributed by atoms with Crippen LogP contribution in [-0.2, 0) is 19.1 Å². The van der Waals surface area contributed by atoms with E-state index < -0.39 is 47.0 Å². The highest BCUT2D eigenvalue weighted by Gasteiger charge is 2.45. The molecule has 0 radical (unpaired) electrons. The Kier molecular flexibility index (Phi) is 7.11. The summed E-state index contributed by atoms with van der Waals surface area (Å²) in [6, 6.07) is 0. The van der Waals surface area contributed by atoms with Crippen molar-refractivity contribution in [2.75, 3.05) is 20.8 Å². The van der Waals surface area contributed by atoms with E-state index in [1.165, 1.54) is 12.2 Å². The maximum absolute atomic E-state index is 14.5. The quantitative estimate of drug-likeness (QED) is 0.230. The van der Waals surface area contributed by atoms with Crippen molar-refractivity contribution < 1.29 is 28.4 Å². The fraction of sp³-hybridized carbons (Fsp3) is 0.500. The number of hydrogen-bond donors (Lipinski definition) is 0. The Morgan fingerprint density at radius 1 is 1.38 bits per heavy atom. The van der Waals surface area contributed by atoms with Crippen molar-refractivity contribution in [1.82, 2.24) is 0 Å². The first-order chi connectivity index (χ1) is 11.3. The molecule has 0 N–H and O–H groups in total. The van der Waals surface area contributed by atoms with Crippen LogP contribution in [0.2, 0.25) is 0 Å². The lowest BCUT2D eigenvalue weighted by atomic mass is 9.80. The molecule has 0 spiro atoms. The van der Waals surface area contributed by atoms with Gasteiger partial charge in [-0.15, -0.1) is 0 Å². The number of methoxy groups -OCH3 is 2. The van der Waals surface area contributed by atoms with Crippen molar-refractivity contribution in [2.24, 2.45) is 17.8 Å². The lowest BCUT2D eigenvalue weighted by Crippen LogP contribution is -2.40. The van der Waals surface area contributed by atoms with Gasteiger partial charge in [-0.25, -0.2) is 4.39 Å². The third-order valence-corrected chi connectivity index (χ3v) is 3.65. The number of carbonyl (C=O) groups is 2. The summed E-state index contributed by atoms with van der Waals surface area (Å²) in [7, 11) is 2.06. The molecule has 0 fully saturated rings. The van der Waals surface area contributed by atoms with Crippen molar-refractivity contribution in [3.8, 4) is 11.8 Å². The van der Waals surface area contributed by atoms with Crippen LogP contribution in [0.5, 0.6) is 0 Å². The SMILES string of the molecule is CCC1=CC#CC(C(C[N+](=O)[O-])C(C(=O)OC)C(=O)OC)C(F)=C1. The molecule has 8 heteroatoms. The summed E-state index contributed by atoms with van der Waals surface area (Å²) in [5, 5.41) is 11.0. The predicted octanol–water partition coefficient (Wildman–Crippen LogP) is 1.66. The van der Waals surface area contributed by atoms with Gasteiger partial charge in [0, 0.05) is 4.92 Å². The van der Waals surface area contributed by atoms with Gasteiger partial charge in [0.25, 0.3) is 0 Å². The summed E-state index contributed by atoms with van der Waals surface area (Å²) in [5.41, 5.74) is 0.607. The Morgan fingerprint density at radius 2 is 1.96 bits per heavy atom. The van der Waals surface area contributed by atoms with E-state index in [4.69, 9.17) is 0 Å². The first kappa shape index (κ1) is 19.4. The van der Waals surface area contributed by atoms with E-state index in [-0.39, 0.29) is 0 Å². The Balaban J connectivity index is 3.34. The number of hydrogen-bond acceptors (Lipinski definition) is 6. The van der Waals surface area contributed by atoms with Crippen LogP contribution in [0.25, 0.3) is 0 Å². The van der Waals surface area contributed by atoms with Crippen LogP contribution >= 0.6 is 0 Å². The molecule has 0 aromatic rings. The van der Waals surface area contributed by atoms with Crippen LogP contribution in [0.15, 0.2) is 23.6 Å². The second-order valence-corrected chi connectivity index (χ2v) is 5.07. The van der Waals surface area contributed by atoms with Gasteiger partial charge in [-0.05, 0) is 24.1 Å². The number of halogens is 1. The van der Waals surface area contributed by atoms with Gasteiger partial charge in [-0.2, -0.15) is 0 Å². The fourth-order valence-corrected chi connectivity index (χ4v) is 2.39. The number of nitro groups is 1. The molecule has 0 aromatic heterocycles. The van der Waals surface area contributed by atoms with Gasteiger partial charge in [-0.1, -0.05) is 18.8 Å². The van der Waals surface area contributed by atoms with Crippen LogP contribution < -0.4 is 0 Å². The van der Waals surface area contributed by atoms with Crippen LogP contribution in [0.1, 0.15) is 13.3 Å². The molecule has 0 saturated carbocycles. The molecule has 130 valence electrons. The smallest absolute Gasteiger partial charge is 0.320 e. The molecule has 1 aliphatic rings. The molecule has 1 rings (SSSR count). The number of nitrogens with zero attached hydrogens (tertiary/aromatic N) is 1. The third kappa shape index (κ3) is 4.65. The van der Waals surface area contributed by atoms with Crippen molar-refractivity contribution in [1.29, 1.82) is 0 Å². The lowest BCUT2D eigenvalue weighted by Gasteiger charge is -2.24. The monoisotopic (exact) mass is 339 g/mol. The second kappa shape index (κ2) is 8.82. The topological polar surface area (TPSA) is 95.7 Å². The molecule has 0 saturated heterocycles. The van der Waals surface area contributed by atoms with Gasteiger partial charge in [0.05, 0.1) is 26.1 Å². The molecule has 7 nitrogen and oxygen atoms in total. The van der Waals surface area contributed by atoms with Crippen LogP contribution in [0.3, 0.4) is 0 Å². The summed E-state index contributed by atoms with van der Waals surface area (Å²) >= 11 is 0. The molecule has 0 aromatic carbocycles. The largest absolute Gasteiger partial charge is 0.468 e. The van der Waals surface area contributed by atoms with Gasteiger partial charge >= 0.3 is 11.9 Å². The summed E-state index contributed by atoms with van der Waals surface area (Å²) in [6.07, 6.45) is 3.22. The molecule has 24 heavy (non-hydrogen) atoms. The third-order valence-electron chi connectivity index (χ3n) is 3.65. The number of allylic oxidation sites excluding steroid dienone is 4. The van der Waals surface area contributed by atoms with Gasteiger partial charge in [0.15, 0.2) is 5.92 Å². The van der Waals surface area contributed by atoms with Crippen molar-refractivity contribution in [3.05, 3.63) is 33.7 Å². The van der Waals surface area contributed by atoms with E-state index >= 15 is 0 Å². The molecule has 0 amide bonds. The first-order valence-corrected chi connectivity index (χ1v) is 7.20. The molecule has 2 atom stereocenters. The average molecular weight is 339 g/mol. The molecule has 0 bridgehead atoms. The van der Waals surface area contributed by atoms with E-state index in [1.807, 2.05) is 0 Å². The Morgan fingerprint density at radius 3 is 2.42 bits per heavy atom. The van der Waals surface area contributed by atoms with E-state index in [0.29, 0.717) is 12.0 Å². The second-order valence-electron chi connectivity index (χ2n) is 5.07. The molecule has 2 unspecified atom stereocenters. The van der Waals surface area contributed by atoms with Crippen LogP contribution in [0.4, 0.5) is 4.39 Å². The van der Waals surface area contributed by atoms with E-state index in [9.17, 15) is 24.1 Å². The summed E-state index contributed by atoms with van der Waals surface area (Å²) in [4.78, 5) is 34.1. The zero-order valence-corrected chi connectivity index (χ0v) is 13.6. The number of esters is 2. The molecule has 0 heterocycles. The number of carbonyl (C=O) groups excluding carboxylic acids is 2. The average Bonchev–Trinajstić information content (AvgIpc) is 2.74. The lowest BCUT2D eigenvalue weighted by molar-refractivity contribution is -0.490. The highest BCUT2D eigenvalue weighted by atomic mass is 19.1.